The highest BCUT2D eigenvalue weighted by Gasteiger charge is 2.28. The maximum Gasteiger partial charge on any atom is 0.0615 e. The lowest BCUT2D eigenvalue weighted by molar-refractivity contribution is 0.121. The van der Waals surface area contributed by atoms with Crippen molar-refractivity contribution < 1.29 is 4.74 Å². The predicted octanol–water partition coefficient (Wildman–Crippen LogP) is 2.14. The molecule has 0 amide bonds. The molecule has 0 saturated carbocycles. The summed E-state index contributed by atoms with van der Waals surface area (Å²) in [4.78, 5) is 0. The standard InChI is InChI=1S/C12H23NOS/c1-14-9-12-8-11(2-5-13-12)10-3-6-15-7-4-10/h10-13H,2-9H2,1H3. The van der Waals surface area contributed by atoms with E-state index in [1.54, 1.807) is 0 Å². The van der Waals surface area contributed by atoms with Gasteiger partial charge in [0.25, 0.3) is 0 Å². The van der Waals surface area contributed by atoms with Crippen molar-refractivity contribution in [2.24, 2.45) is 11.8 Å². The second-order valence-corrected chi connectivity index (χ2v) is 6.07. The number of hydrogen-bond acceptors (Lipinski definition) is 3. The van der Waals surface area contributed by atoms with E-state index in [1.165, 1.54) is 43.7 Å². The molecule has 0 bridgehead atoms. The molecule has 3 heteroatoms. The lowest BCUT2D eigenvalue weighted by Crippen LogP contribution is -2.43. The normalized spacial score (nSPS) is 34.2. The summed E-state index contributed by atoms with van der Waals surface area (Å²) >= 11 is 2.13. The van der Waals surface area contributed by atoms with Gasteiger partial charge in [-0.3, -0.25) is 0 Å². The molecule has 0 radical (unpaired) electrons. The molecule has 2 aliphatic rings. The highest BCUT2D eigenvalue weighted by molar-refractivity contribution is 7.99. The molecule has 2 unspecified atom stereocenters. The van der Waals surface area contributed by atoms with Crippen LogP contribution >= 0.6 is 11.8 Å². The van der Waals surface area contributed by atoms with Crippen LogP contribution in [-0.4, -0.2) is 37.8 Å². The molecule has 2 rings (SSSR count). The Morgan fingerprint density at radius 2 is 2.00 bits per heavy atom. The lowest BCUT2D eigenvalue weighted by Gasteiger charge is -2.36. The number of ether oxygens (including phenoxy) is 1. The van der Waals surface area contributed by atoms with Crippen LogP contribution < -0.4 is 5.32 Å². The fraction of sp³-hybridized carbons (Fsp3) is 1.00. The van der Waals surface area contributed by atoms with Gasteiger partial charge in [0.1, 0.15) is 0 Å². The van der Waals surface area contributed by atoms with Crippen molar-refractivity contribution in [2.45, 2.75) is 31.7 Å². The van der Waals surface area contributed by atoms with Crippen molar-refractivity contribution in [3.63, 3.8) is 0 Å². The molecule has 2 atom stereocenters. The SMILES string of the molecule is COCC1CC(C2CCSCC2)CCN1. The maximum atomic E-state index is 5.25. The van der Waals surface area contributed by atoms with Crippen LogP contribution in [-0.2, 0) is 4.74 Å². The van der Waals surface area contributed by atoms with Crippen LogP contribution in [0.5, 0.6) is 0 Å². The summed E-state index contributed by atoms with van der Waals surface area (Å²) in [5.41, 5.74) is 0. The molecular weight excluding hydrogens is 206 g/mol. The quantitative estimate of drug-likeness (QED) is 0.801. The summed E-state index contributed by atoms with van der Waals surface area (Å²) < 4.78 is 5.25. The van der Waals surface area contributed by atoms with Crippen LogP contribution in [0, 0.1) is 11.8 Å². The van der Waals surface area contributed by atoms with Crippen LogP contribution in [0.1, 0.15) is 25.7 Å². The van der Waals surface area contributed by atoms with Crippen molar-refractivity contribution in [2.75, 3.05) is 31.8 Å². The van der Waals surface area contributed by atoms with Crippen molar-refractivity contribution in [1.82, 2.24) is 5.32 Å². The van der Waals surface area contributed by atoms with Crippen LogP contribution in [0.25, 0.3) is 0 Å². The molecule has 0 aromatic rings. The van der Waals surface area contributed by atoms with Crippen molar-refractivity contribution >= 4 is 11.8 Å². The Hall–Kier alpha value is 0.270. The highest BCUT2D eigenvalue weighted by atomic mass is 32.2. The molecule has 0 aromatic heterocycles. The monoisotopic (exact) mass is 229 g/mol. The molecular formula is C12H23NOS. The summed E-state index contributed by atoms with van der Waals surface area (Å²) in [6.07, 6.45) is 5.63. The van der Waals surface area contributed by atoms with E-state index in [0.717, 1.165) is 18.4 Å². The Balaban J connectivity index is 1.80. The smallest absolute Gasteiger partial charge is 0.0615 e. The first kappa shape index (κ1) is 11.7. The number of methoxy groups -OCH3 is 1. The van der Waals surface area contributed by atoms with Gasteiger partial charge in [-0.05, 0) is 55.6 Å². The fourth-order valence-corrected chi connectivity index (χ4v) is 4.13. The third kappa shape index (κ3) is 3.36. The number of thioether (sulfide) groups is 1. The predicted molar refractivity (Wildman–Crippen MR) is 66.4 cm³/mol. The van der Waals surface area contributed by atoms with E-state index in [1.807, 2.05) is 7.11 Å². The number of hydrogen-bond donors (Lipinski definition) is 1. The average molecular weight is 229 g/mol. The zero-order chi connectivity index (χ0) is 10.5. The van der Waals surface area contributed by atoms with E-state index in [0.29, 0.717) is 6.04 Å². The second-order valence-electron chi connectivity index (χ2n) is 4.84. The molecule has 1 N–H and O–H groups in total. The van der Waals surface area contributed by atoms with Crippen LogP contribution in [0.4, 0.5) is 0 Å². The van der Waals surface area contributed by atoms with Gasteiger partial charge in [-0.15, -0.1) is 0 Å². The Morgan fingerprint density at radius 1 is 1.20 bits per heavy atom. The number of nitrogens with one attached hydrogen (secondary N) is 1. The molecule has 2 heterocycles. The van der Waals surface area contributed by atoms with Crippen molar-refractivity contribution in [3.8, 4) is 0 Å². The van der Waals surface area contributed by atoms with Gasteiger partial charge in [0.05, 0.1) is 6.61 Å². The second kappa shape index (κ2) is 6.12. The van der Waals surface area contributed by atoms with Gasteiger partial charge in [-0.25, -0.2) is 0 Å². The van der Waals surface area contributed by atoms with Gasteiger partial charge in [-0.2, -0.15) is 11.8 Å². The largest absolute Gasteiger partial charge is 0.383 e. The Labute approximate surface area is 97.5 Å². The molecule has 2 aliphatic heterocycles. The Morgan fingerprint density at radius 3 is 2.73 bits per heavy atom. The highest BCUT2D eigenvalue weighted by Crippen LogP contribution is 2.34. The van der Waals surface area contributed by atoms with Gasteiger partial charge in [-0.1, -0.05) is 0 Å². The molecule has 2 nitrogen and oxygen atoms in total. The summed E-state index contributed by atoms with van der Waals surface area (Å²) in [7, 11) is 1.81. The van der Waals surface area contributed by atoms with Gasteiger partial charge in [0.2, 0.25) is 0 Å². The molecule has 0 aromatic carbocycles. The lowest BCUT2D eigenvalue weighted by atomic mass is 9.79. The van der Waals surface area contributed by atoms with Crippen molar-refractivity contribution in [3.05, 3.63) is 0 Å². The zero-order valence-electron chi connectivity index (χ0n) is 9.71. The zero-order valence-corrected chi connectivity index (χ0v) is 10.5. The van der Waals surface area contributed by atoms with Crippen molar-refractivity contribution in [1.29, 1.82) is 0 Å². The Kier molecular flexibility index (Phi) is 4.79. The first-order valence-corrected chi connectivity index (χ1v) is 7.35. The van der Waals surface area contributed by atoms with E-state index >= 15 is 0 Å². The number of piperidine rings is 1. The molecule has 88 valence electrons. The molecule has 2 saturated heterocycles. The van der Waals surface area contributed by atoms with E-state index in [9.17, 15) is 0 Å². The van der Waals surface area contributed by atoms with Gasteiger partial charge < -0.3 is 10.1 Å². The number of rotatable bonds is 3. The van der Waals surface area contributed by atoms with Crippen LogP contribution in [0.3, 0.4) is 0 Å². The third-order valence-electron chi connectivity index (χ3n) is 3.84. The fourth-order valence-electron chi connectivity index (χ4n) is 2.98. The third-order valence-corrected chi connectivity index (χ3v) is 4.88. The van der Waals surface area contributed by atoms with Crippen LogP contribution in [0.15, 0.2) is 0 Å². The minimum atomic E-state index is 0.614. The van der Waals surface area contributed by atoms with E-state index in [4.69, 9.17) is 4.74 Å². The molecule has 15 heavy (non-hydrogen) atoms. The van der Waals surface area contributed by atoms with E-state index in [2.05, 4.69) is 17.1 Å². The summed E-state index contributed by atoms with van der Waals surface area (Å²) in [5, 5.41) is 3.56. The first-order chi connectivity index (χ1) is 7.40. The summed E-state index contributed by atoms with van der Waals surface area (Å²) in [6.45, 7) is 2.08. The van der Waals surface area contributed by atoms with Gasteiger partial charge >= 0.3 is 0 Å². The van der Waals surface area contributed by atoms with Crippen LogP contribution in [0.2, 0.25) is 0 Å². The maximum absolute atomic E-state index is 5.25. The molecule has 0 aliphatic carbocycles. The Bertz CT molecular complexity index is 180. The average Bonchev–Trinajstić information content (AvgIpc) is 2.31. The van der Waals surface area contributed by atoms with E-state index < -0.39 is 0 Å². The topological polar surface area (TPSA) is 21.3 Å². The first-order valence-electron chi connectivity index (χ1n) is 6.20. The summed E-state index contributed by atoms with van der Waals surface area (Å²) in [6, 6.07) is 0.614. The summed E-state index contributed by atoms with van der Waals surface area (Å²) in [5.74, 6) is 4.76. The van der Waals surface area contributed by atoms with Gasteiger partial charge in [0, 0.05) is 13.2 Å². The van der Waals surface area contributed by atoms with Gasteiger partial charge in [0.15, 0.2) is 0 Å². The molecule has 2 fully saturated rings. The minimum Gasteiger partial charge on any atom is -0.383 e. The molecule has 0 spiro atoms. The van der Waals surface area contributed by atoms with E-state index in [-0.39, 0.29) is 0 Å². The minimum absolute atomic E-state index is 0.614.